The van der Waals surface area contributed by atoms with Crippen LogP contribution in [0.2, 0.25) is 0 Å². The van der Waals surface area contributed by atoms with Gasteiger partial charge in [0.1, 0.15) is 0 Å². The van der Waals surface area contributed by atoms with Crippen molar-refractivity contribution in [1.29, 1.82) is 0 Å². The zero-order valence-corrected chi connectivity index (χ0v) is 6.42. The molecule has 0 radical (unpaired) electrons. The van der Waals surface area contributed by atoms with Crippen molar-refractivity contribution in [3.8, 4) is 0 Å². The molecule has 0 saturated carbocycles. The summed E-state index contributed by atoms with van der Waals surface area (Å²) in [6, 6.07) is 0.0706. The first-order valence-electron chi connectivity index (χ1n) is 3.37. The molecule has 0 aromatic rings. The molecule has 2 atom stereocenters. The Morgan fingerprint density at radius 1 is 1.50 bits per heavy atom. The van der Waals surface area contributed by atoms with Crippen molar-refractivity contribution in [2.24, 2.45) is 10.9 Å². The van der Waals surface area contributed by atoms with Crippen LogP contribution in [0, 0.1) is 5.92 Å². The minimum absolute atomic E-state index is 0.0706. The minimum Gasteiger partial charge on any atom is -0.412 e. The summed E-state index contributed by atoms with van der Waals surface area (Å²) in [5.74, 6) is 0.222. The van der Waals surface area contributed by atoms with Crippen molar-refractivity contribution in [3.63, 3.8) is 0 Å². The maximum Gasteiger partial charge on any atom is 0.317 e. The molecule has 0 amide bonds. The highest BCUT2D eigenvalue weighted by molar-refractivity contribution is 5.90. The number of ether oxygens (including phenoxy) is 1. The summed E-state index contributed by atoms with van der Waals surface area (Å²) >= 11 is 0. The Morgan fingerprint density at radius 3 is 2.60 bits per heavy atom. The molecule has 1 rings (SSSR count). The van der Waals surface area contributed by atoms with E-state index in [9.17, 15) is 4.79 Å². The van der Waals surface area contributed by atoms with Gasteiger partial charge in [0.05, 0.1) is 12.0 Å². The Morgan fingerprint density at radius 2 is 2.10 bits per heavy atom. The monoisotopic (exact) mass is 141 g/mol. The Kier molecular flexibility index (Phi) is 1.74. The third-order valence-corrected chi connectivity index (χ3v) is 1.73. The normalized spacial score (nSPS) is 33.1. The fourth-order valence-corrected chi connectivity index (χ4v) is 0.860. The molecule has 0 aromatic carbocycles. The van der Waals surface area contributed by atoms with Gasteiger partial charge in [-0.05, 0) is 13.8 Å². The van der Waals surface area contributed by atoms with Crippen molar-refractivity contribution in [3.05, 3.63) is 0 Å². The van der Waals surface area contributed by atoms with Crippen molar-refractivity contribution < 1.29 is 9.53 Å². The zero-order chi connectivity index (χ0) is 7.72. The number of hydrogen-bond acceptors (Lipinski definition) is 3. The maximum atomic E-state index is 10.9. The smallest absolute Gasteiger partial charge is 0.317 e. The second-order valence-corrected chi connectivity index (χ2v) is 2.60. The lowest BCUT2D eigenvalue weighted by molar-refractivity contribution is -0.141. The van der Waals surface area contributed by atoms with E-state index in [1.54, 1.807) is 6.92 Å². The van der Waals surface area contributed by atoms with Gasteiger partial charge in [-0.2, -0.15) is 0 Å². The topological polar surface area (TPSA) is 38.7 Å². The highest BCUT2D eigenvalue weighted by atomic mass is 16.5. The van der Waals surface area contributed by atoms with Crippen LogP contribution in [-0.4, -0.2) is 17.9 Å². The van der Waals surface area contributed by atoms with Gasteiger partial charge in [-0.3, -0.25) is 9.79 Å². The van der Waals surface area contributed by atoms with Gasteiger partial charge in [-0.1, -0.05) is 0 Å². The van der Waals surface area contributed by atoms with E-state index >= 15 is 0 Å². The largest absolute Gasteiger partial charge is 0.412 e. The summed E-state index contributed by atoms with van der Waals surface area (Å²) in [5, 5.41) is 0. The SMILES string of the molecule is CC1=NC(C)C(C)C(=O)O1. The molecule has 10 heavy (non-hydrogen) atoms. The molecule has 3 nitrogen and oxygen atoms in total. The number of carbonyl (C=O) groups excluding carboxylic acids is 1. The van der Waals surface area contributed by atoms with Gasteiger partial charge in [-0.15, -0.1) is 0 Å². The molecule has 0 bridgehead atoms. The second-order valence-electron chi connectivity index (χ2n) is 2.60. The van der Waals surface area contributed by atoms with Crippen molar-refractivity contribution in [1.82, 2.24) is 0 Å². The first-order chi connectivity index (χ1) is 4.61. The van der Waals surface area contributed by atoms with Gasteiger partial charge in [0.2, 0.25) is 0 Å². The van der Waals surface area contributed by atoms with Crippen LogP contribution < -0.4 is 0 Å². The van der Waals surface area contributed by atoms with E-state index in [4.69, 9.17) is 4.74 Å². The first-order valence-corrected chi connectivity index (χ1v) is 3.37. The lowest BCUT2D eigenvalue weighted by Gasteiger charge is -2.20. The molecule has 56 valence electrons. The molecule has 0 fully saturated rings. The summed E-state index contributed by atoms with van der Waals surface area (Å²) in [6.45, 7) is 5.43. The maximum absolute atomic E-state index is 10.9. The highest BCUT2D eigenvalue weighted by Crippen LogP contribution is 2.14. The number of carbonyl (C=O) groups is 1. The van der Waals surface area contributed by atoms with Crippen LogP contribution in [0.3, 0.4) is 0 Å². The molecule has 0 aliphatic carbocycles. The van der Waals surface area contributed by atoms with Crippen molar-refractivity contribution in [2.45, 2.75) is 26.8 Å². The summed E-state index contributed by atoms with van der Waals surface area (Å²) in [7, 11) is 0. The Bertz CT molecular complexity index is 186. The predicted octanol–water partition coefficient (Wildman–Crippen LogP) is 0.986. The Labute approximate surface area is 60.1 Å². The quantitative estimate of drug-likeness (QED) is 0.472. The molecule has 1 heterocycles. The van der Waals surface area contributed by atoms with Crippen molar-refractivity contribution >= 4 is 11.9 Å². The number of cyclic esters (lactones) is 1. The van der Waals surface area contributed by atoms with E-state index in [1.165, 1.54) is 0 Å². The fourth-order valence-electron chi connectivity index (χ4n) is 0.860. The first kappa shape index (κ1) is 7.25. The third kappa shape index (κ3) is 1.17. The lowest BCUT2D eigenvalue weighted by atomic mass is 10.0. The van der Waals surface area contributed by atoms with Crippen LogP contribution in [0.25, 0.3) is 0 Å². The van der Waals surface area contributed by atoms with Gasteiger partial charge in [0.25, 0.3) is 0 Å². The molecule has 0 aromatic heterocycles. The predicted molar refractivity (Wildman–Crippen MR) is 37.8 cm³/mol. The van der Waals surface area contributed by atoms with Gasteiger partial charge >= 0.3 is 5.97 Å². The zero-order valence-electron chi connectivity index (χ0n) is 6.42. The molecular formula is C7H11NO2. The van der Waals surface area contributed by atoms with Crippen LogP contribution in [-0.2, 0) is 9.53 Å². The molecular weight excluding hydrogens is 130 g/mol. The molecule has 2 unspecified atom stereocenters. The summed E-state index contributed by atoms with van der Waals surface area (Å²) in [6.07, 6.45) is 0. The highest BCUT2D eigenvalue weighted by Gasteiger charge is 2.26. The Balaban J connectivity index is 2.79. The summed E-state index contributed by atoms with van der Waals surface area (Å²) < 4.78 is 4.78. The molecule has 1 aliphatic rings. The number of nitrogens with zero attached hydrogens (tertiary/aromatic N) is 1. The molecule has 0 saturated heterocycles. The minimum atomic E-state index is -0.167. The van der Waals surface area contributed by atoms with Crippen LogP contribution in [0.1, 0.15) is 20.8 Å². The van der Waals surface area contributed by atoms with E-state index < -0.39 is 0 Å². The second kappa shape index (κ2) is 2.40. The number of hydrogen-bond donors (Lipinski definition) is 0. The van der Waals surface area contributed by atoms with E-state index in [2.05, 4.69) is 4.99 Å². The molecule has 3 heteroatoms. The molecule has 0 spiro atoms. The van der Waals surface area contributed by atoms with Crippen molar-refractivity contribution in [2.75, 3.05) is 0 Å². The number of rotatable bonds is 0. The van der Waals surface area contributed by atoms with E-state index in [-0.39, 0.29) is 17.9 Å². The van der Waals surface area contributed by atoms with Gasteiger partial charge in [-0.25, -0.2) is 0 Å². The average Bonchev–Trinajstić information content (AvgIpc) is 1.82. The van der Waals surface area contributed by atoms with Crippen LogP contribution in [0.5, 0.6) is 0 Å². The van der Waals surface area contributed by atoms with Gasteiger partial charge in [0, 0.05) is 6.92 Å². The van der Waals surface area contributed by atoms with E-state index in [1.807, 2.05) is 13.8 Å². The average molecular weight is 141 g/mol. The standard InChI is InChI=1S/C7H11NO2/c1-4-5(2)8-6(3)10-7(4)9/h4-5H,1-3H3. The molecule has 1 aliphatic heterocycles. The number of aliphatic imine (C=N–C) groups is 1. The van der Waals surface area contributed by atoms with Crippen LogP contribution in [0.15, 0.2) is 4.99 Å². The fraction of sp³-hybridized carbons (Fsp3) is 0.714. The van der Waals surface area contributed by atoms with Crippen LogP contribution in [0.4, 0.5) is 0 Å². The number of esters is 1. The van der Waals surface area contributed by atoms with E-state index in [0.29, 0.717) is 5.90 Å². The van der Waals surface area contributed by atoms with E-state index in [0.717, 1.165) is 0 Å². The summed E-state index contributed by atoms with van der Waals surface area (Å²) in [4.78, 5) is 15.0. The molecule has 0 N–H and O–H groups in total. The lowest BCUT2D eigenvalue weighted by Crippen LogP contribution is -2.31. The third-order valence-electron chi connectivity index (χ3n) is 1.73. The Hall–Kier alpha value is -0.860. The van der Waals surface area contributed by atoms with Gasteiger partial charge in [0.15, 0.2) is 5.90 Å². The van der Waals surface area contributed by atoms with Crippen LogP contribution >= 0.6 is 0 Å². The summed E-state index contributed by atoms with van der Waals surface area (Å²) in [5.41, 5.74) is 0. The van der Waals surface area contributed by atoms with Gasteiger partial charge < -0.3 is 4.74 Å².